The normalized spacial score (nSPS) is 31.4. The summed E-state index contributed by atoms with van der Waals surface area (Å²) in [6.07, 6.45) is 5.64. The summed E-state index contributed by atoms with van der Waals surface area (Å²) in [7, 11) is 4.54. The maximum absolute atomic E-state index is 2.60. The minimum absolute atomic E-state index is 0.604. The number of rotatable bonds is 0. The van der Waals surface area contributed by atoms with Crippen molar-refractivity contribution in [2.45, 2.75) is 31.2 Å². The van der Waals surface area contributed by atoms with Crippen LogP contribution in [-0.4, -0.2) is 49.9 Å². The Bertz CT molecular complexity index is 164. The van der Waals surface area contributed by atoms with Crippen molar-refractivity contribution in [1.82, 2.24) is 9.71 Å². The lowest BCUT2D eigenvalue weighted by Gasteiger charge is -2.43. The summed E-state index contributed by atoms with van der Waals surface area (Å²) in [6.45, 7) is 3.92. The molecule has 2 rings (SSSR count). The summed E-state index contributed by atoms with van der Waals surface area (Å²) in [5, 5.41) is 0. The van der Waals surface area contributed by atoms with Gasteiger partial charge in [0.15, 0.2) is 7.98 Å². The lowest BCUT2D eigenvalue weighted by molar-refractivity contribution is 0.103. The van der Waals surface area contributed by atoms with E-state index in [9.17, 15) is 0 Å². The van der Waals surface area contributed by atoms with Crippen LogP contribution in [0.3, 0.4) is 0 Å². The number of likely N-dealkylation sites (tertiary alicyclic amines) is 1. The van der Waals surface area contributed by atoms with E-state index in [0.29, 0.717) is 5.54 Å². The van der Waals surface area contributed by atoms with E-state index in [-0.39, 0.29) is 0 Å². The molecule has 2 saturated heterocycles. The van der Waals surface area contributed by atoms with Crippen LogP contribution in [0.1, 0.15) is 25.7 Å². The van der Waals surface area contributed by atoms with E-state index in [4.69, 9.17) is 0 Å². The zero-order chi connectivity index (χ0) is 8.60. The predicted molar refractivity (Wildman–Crippen MR) is 53.9 cm³/mol. The van der Waals surface area contributed by atoms with Crippen LogP contribution in [0, 0.1) is 0 Å². The molecule has 68 valence electrons. The number of piperidine rings is 1. The van der Waals surface area contributed by atoms with Gasteiger partial charge in [-0.25, -0.2) is 0 Å². The van der Waals surface area contributed by atoms with E-state index < -0.39 is 0 Å². The Labute approximate surface area is 76.3 Å². The van der Waals surface area contributed by atoms with Crippen molar-refractivity contribution in [3.63, 3.8) is 0 Å². The molecular weight excluding hydrogens is 147 g/mol. The van der Waals surface area contributed by atoms with Crippen LogP contribution in [0.2, 0.25) is 0 Å². The van der Waals surface area contributed by atoms with Gasteiger partial charge in [0.05, 0.1) is 0 Å². The summed E-state index contributed by atoms with van der Waals surface area (Å²) < 4.78 is 0. The maximum atomic E-state index is 2.60. The van der Waals surface area contributed by atoms with Crippen molar-refractivity contribution in [2.75, 3.05) is 26.7 Å². The fraction of sp³-hybridized carbons (Fsp3) is 1.00. The monoisotopic (exact) mass is 166 g/mol. The van der Waals surface area contributed by atoms with Crippen molar-refractivity contribution in [3.8, 4) is 0 Å². The molecule has 3 heteroatoms. The first-order valence-electron chi connectivity index (χ1n) is 5.13. The zero-order valence-corrected chi connectivity index (χ0v) is 8.34. The smallest absolute Gasteiger partial charge is 0.185 e. The average Bonchev–Trinajstić information content (AvgIpc) is 2.41. The molecular formula is C9H19BN2. The molecule has 0 amide bonds. The van der Waals surface area contributed by atoms with E-state index in [1.54, 1.807) is 0 Å². The third-order valence-electron chi connectivity index (χ3n) is 3.86. The van der Waals surface area contributed by atoms with Gasteiger partial charge >= 0.3 is 0 Å². The number of nitrogens with zero attached hydrogens (tertiary/aromatic N) is 2. The Hall–Kier alpha value is -0.0151. The van der Waals surface area contributed by atoms with E-state index in [2.05, 4.69) is 24.7 Å². The molecule has 0 unspecified atom stereocenters. The summed E-state index contributed by atoms with van der Waals surface area (Å²) >= 11 is 0. The highest BCUT2D eigenvalue weighted by atomic mass is 15.2. The Kier molecular flexibility index (Phi) is 2.17. The van der Waals surface area contributed by atoms with Crippen LogP contribution < -0.4 is 0 Å². The molecule has 0 radical (unpaired) electrons. The molecule has 0 aliphatic carbocycles. The van der Waals surface area contributed by atoms with Crippen molar-refractivity contribution in [1.29, 1.82) is 0 Å². The van der Waals surface area contributed by atoms with Crippen molar-refractivity contribution in [3.05, 3.63) is 0 Å². The Morgan fingerprint density at radius 3 is 2.25 bits per heavy atom. The van der Waals surface area contributed by atoms with Gasteiger partial charge in [-0.15, -0.1) is 0 Å². The molecule has 0 bridgehead atoms. The highest BCUT2D eigenvalue weighted by molar-refractivity contribution is 6.04. The van der Waals surface area contributed by atoms with Gasteiger partial charge in [-0.3, -0.25) is 0 Å². The summed E-state index contributed by atoms with van der Waals surface area (Å²) in [6, 6.07) is 0. The van der Waals surface area contributed by atoms with Gasteiger partial charge in [0, 0.05) is 5.54 Å². The van der Waals surface area contributed by atoms with Gasteiger partial charge in [0.1, 0.15) is 0 Å². The Balaban J connectivity index is 2.02. The second-order valence-electron chi connectivity index (χ2n) is 4.55. The first kappa shape index (κ1) is 8.58. The highest BCUT2D eigenvalue weighted by Gasteiger charge is 2.39. The second kappa shape index (κ2) is 3.04. The van der Waals surface area contributed by atoms with Crippen LogP contribution in [0.25, 0.3) is 0 Å². The standard InChI is InChI=1S/C9H19BN2/c1-11-6-2-3-9(11)4-7-12(10)8-5-9/h2-8,10H2,1H3. The topological polar surface area (TPSA) is 6.48 Å². The Morgan fingerprint density at radius 2 is 1.75 bits per heavy atom. The molecule has 0 aromatic rings. The third-order valence-corrected chi connectivity index (χ3v) is 3.86. The van der Waals surface area contributed by atoms with Crippen LogP contribution in [0.4, 0.5) is 0 Å². The fourth-order valence-electron chi connectivity index (χ4n) is 2.74. The summed E-state index contributed by atoms with van der Waals surface area (Å²) in [4.78, 5) is 5.05. The minimum Gasteiger partial charge on any atom is -0.349 e. The van der Waals surface area contributed by atoms with Gasteiger partial charge in [0.2, 0.25) is 0 Å². The molecule has 1 spiro atoms. The van der Waals surface area contributed by atoms with Crippen molar-refractivity contribution < 1.29 is 0 Å². The van der Waals surface area contributed by atoms with Crippen molar-refractivity contribution >= 4 is 7.98 Å². The predicted octanol–water partition coefficient (Wildman–Crippen LogP) is 0.0947. The van der Waals surface area contributed by atoms with Gasteiger partial charge in [-0.05, 0) is 52.4 Å². The molecule has 0 atom stereocenters. The quantitative estimate of drug-likeness (QED) is 0.471. The van der Waals surface area contributed by atoms with Gasteiger partial charge in [-0.2, -0.15) is 0 Å². The number of hydrogen-bond donors (Lipinski definition) is 0. The lowest BCUT2D eigenvalue weighted by Crippen LogP contribution is -2.49. The summed E-state index contributed by atoms with van der Waals surface area (Å²) in [5.74, 6) is 0. The van der Waals surface area contributed by atoms with Crippen LogP contribution in [-0.2, 0) is 0 Å². The molecule has 2 heterocycles. The van der Waals surface area contributed by atoms with Crippen molar-refractivity contribution in [2.24, 2.45) is 0 Å². The van der Waals surface area contributed by atoms with E-state index in [1.165, 1.54) is 45.3 Å². The molecule has 2 nitrogen and oxygen atoms in total. The fourth-order valence-corrected chi connectivity index (χ4v) is 2.74. The zero-order valence-electron chi connectivity index (χ0n) is 8.34. The molecule has 2 aliphatic rings. The molecule has 0 saturated carbocycles. The Morgan fingerprint density at radius 1 is 1.08 bits per heavy atom. The van der Waals surface area contributed by atoms with Crippen LogP contribution in [0.5, 0.6) is 0 Å². The molecule has 0 aromatic heterocycles. The molecule has 2 fully saturated rings. The molecule has 12 heavy (non-hydrogen) atoms. The second-order valence-corrected chi connectivity index (χ2v) is 4.55. The minimum atomic E-state index is 0.604. The summed E-state index contributed by atoms with van der Waals surface area (Å²) in [5.41, 5.74) is 0.604. The maximum Gasteiger partial charge on any atom is 0.185 e. The molecule has 0 N–H and O–H groups in total. The SMILES string of the molecule is BN1CCC2(CCCN2C)CC1. The van der Waals surface area contributed by atoms with E-state index in [1.807, 2.05) is 0 Å². The van der Waals surface area contributed by atoms with Gasteiger partial charge < -0.3 is 9.71 Å². The first-order valence-corrected chi connectivity index (χ1v) is 5.13. The first-order chi connectivity index (χ1) is 5.73. The highest BCUT2D eigenvalue weighted by Crippen LogP contribution is 2.36. The number of hydrogen-bond acceptors (Lipinski definition) is 2. The largest absolute Gasteiger partial charge is 0.349 e. The van der Waals surface area contributed by atoms with Crippen LogP contribution >= 0.6 is 0 Å². The van der Waals surface area contributed by atoms with Gasteiger partial charge in [-0.1, -0.05) is 0 Å². The molecule has 0 aromatic carbocycles. The lowest BCUT2D eigenvalue weighted by atomic mass is 9.84. The van der Waals surface area contributed by atoms with Crippen LogP contribution in [0.15, 0.2) is 0 Å². The average molecular weight is 166 g/mol. The third kappa shape index (κ3) is 1.29. The van der Waals surface area contributed by atoms with Gasteiger partial charge in [0.25, 0.3) is 0 Å². The van der Waals surface area contributed by atoms with E-state index >= 15 is 0 Å². The molecule has 2 aliphatic heterocycles. The van der Waals surface area contributed by atoms with E-state index in [0.717, 1.165) is 0 Å².